The fraction of sp³-hybridized carbons (Fsp3) is 0.533. The molecule has 0 spiro atoms. The average molecular weight is 332 g/mol. The van der Waals surface area contributed by atoms with Crippen molar-refractivity contribution in [1.82, 2.24) is 0 Å². The molecule has 1 aromatic carbocycles. The molecule has 0 saturated heterocycles. The highest BCUT2D eigenvalue weighted by Gasteiger charge is 2.35. The van der Waals surface area contributed by atoms with Crippen molar-refractivity contribution in [3.05, 3.63) is 29.3 Å². The molecule has 6 heteroatoms. The van der Waals surface area contributed by atoms with Crippen LogP contribution in [0.4, 0.5) is 5.69 Å². The monoisotopic (exact) mass is 331 g/mol. The topological polar surface area (TPSA) is 54.5 Å². The summed E-state index contributed by atoms with van der Waals surface area (Å²) in [5, 5.41) is -1.09. The van der Waals surface area contributed by atoms with Gasteiger partial charge in [-0.15, -0.1) is 0 Å². The van der Waals surface area contributed by atoms with Gasteiger partial charge in [0.25, 0.3) is 0 Å². The maximum atomic E-state index is 12.6. The summed E-state index contributed by atoms with van der Waals surface area (Å²) in [5.41, 5.74) is 0.644. The molecule has 0 unspecified atom stereocenters. The van der Waals surface area contributed by atoms with Crippen LogP contribution in [-0.2, 0) is 14.6 Å². The number of nitrogens with zero attached hydrogens (tertiary/aromatic N) is 1. The number of sulfone groups is 1. The van der Waals surface area contributed by atoms with E-state index in [1.165, 1.54) is 11.8 Å². The van der Waals surface area contributed by atoms with Crippen LogP contribution < -0.4 is 4.90 Å². The Morgan fingerprint density at radius 3 is 1.90 bits per heavy atom. The molecule has 21 heavy (non-hydrogen) atoms. The molecule has 0 saturated carbocycles. The van der Waals surface area contributed by atoms with Gasteiger partial charge in [-0.2, -0.15) is 0 Å². The molecule has 0 bridgehead atoms. The molecule has 0 radical (unpaired) electrons. The Labute approximate surface area is 132 Å². The Kier molecular flexibility index (Phi) is 5.82. The minimum atomic E-state index is -3.49. The number of carbonyl (C=O) groups excluding carboxylic acids is 1. The van der Waals surface area contributed by atoms with Gasteiger partial charge >= 0.3 is 0 Å². The Morgan fingerprint density at radius 2 is 1.52 bits per heavy atom. The molecule has 1 atom stereocenters. The van der Waals surface area contributed by atoms with Gasteiger partial charge in [-0.1, -0.05) is 11.6 Å². The molecule has 1 rings (SSSR count). The average Bonchev–Trinajstić information content (AvgIpc) is 2.39. The van der Waals surface area contributed by atoms with Gasteiger partial charge in [0.2, 0.25) is 5.91 Å². The third-order valence-electron chi connectivity index (χ3n) is 3.36. The zero-order valence-corrected chi connectivity index (χ0v) is 14.6. The highest BCUT2D eigenvalue weighted by atomic mass is 35.5. The van der Waals surface area contributed by atoms with Crippen LogP contribution in [0.25, 0.3) is 0 Å². The van der Waals surface area contributed by atoms with E-state index in [4.69, 9.17) is 11.6 Å². The number of hydrogen-bond donors (Lipinski definition) is 0. The largest absolute Gasteiger partial charge is 0.309 e. The minimum absolute atomic E-state index is 0.150. The molecule has 0 N–H and O–H groups in total. The first-order valence-electron chi connectivity index (χ1n) is 6.90. The van der Waals surface area contributed by atoms with Crippen molar-refractivity contribution in [2.75, 3.05) is 4.90 Å². The SMILES string of the molecule is CC(C)N(C(=O)[C@H](C)S(=O)(=O)C(C)C)c1ccc(Cl)cc1. The summed E-state index contributed by atoms with van der Waals surface area (Å²) in [6, 6.07) is 6.65. The molecule has 0 aliphatic carbocycles. The van der Waals surface area contributed by atoms with E-state index >= 15 is 0 Å². The Balaban J connectivity index is 3.18. The Bertz CT molecular complexity index is 594. The Morgan fingerprint density at radius 1 is 1.05 bits per heavy atom. The van der Waals surface area contributed by atoms with Crippen LogP contribution in [0, 0.1) is 0 Å². The summed E-state index contributed by atoms with van der Waals surface area (Å²) in [5.74, 6) is -0.416. The molecule has 4 nitrogen and oxygen atoms in total. The van der Waals surface area contributed by atoms with E-state index in [2.05, 4.69) is 0 Å². The van der Waals surface area contributed by atoms with E-state index in [0.29, 0.717) is 10.7 Å². The van der Waals surface area contributed by atoms with E-state index in [-0.39, 0.29) is 6.04 Å². The van der Waals surface area contributed by atoms with Crippen LogP contribution in [0.15, 0.2) is 24.3 Å². The smallest absolute Gasteiger partial charge is 0.245 e. The lowest BCUT2D eigenvalue weighted by Gasteiger charge is -2.30. The van der Waals surface area contributed by atoms with Crippen molar-refractivity contribution in [2.45, 2.75) is 51.2 Å². The van der Waals surface area contributed by atoms with Crippen LogP contribution in [0.2, 0.25) is 5.02 Å². The number of benzene rings is 1. The second kappa shape index (κ2) is 6.79. The van der Waals surface area contributed by atoms with Crippen molar-refractivity contribution in [3.8, 4) is 0 Å². The highest BCUT2D eigenvalue weighted by Crippen LogP contribution is 2.23. The molecule has 0 fully saturated rings. The summed E-state index contributed by atoms with van der Waals surface area (Å²) in [4.78, 5) is 14.1. The molecular weight excluding hydrogens is 310 g/mol. The maximum Gasteiger partial charge on any atom is 0.245 e. The summed E-state index contributed by atoms with van der Waals surface area (Å²) in [6.45, 7) is 8.31. The molecule has 0 heterocycles. The van der Waals surface area contributed by atoms with Gasteiger partial charge in [-0.05, 0) is 58.9 Å². The number of amides is 1. The highest BCUT2D eigenvalue weighted by molar-refractivity contribution is 7.93. The predicted octanol–water partition coefficient (Wildman–Crippen LogP) is 3.29. The molecule has 1 aromatic rings. The van der Waals surface area contributed by atoms with Crippen molar-refractivity contribution < 1.29 is 13.2 Å². The van der Waals surface area contributed by atoms with E-state index in [1.807, 2.05) is 13.8 Å². The molecule has 0 aromatic heterocycles. The first kappa shape index (κ1) is 18.0. The van der Waals surface area contributed by atoms with Crippen LogP contribution >= 0.6 is 11.6 Å². The third-order valence-corrected chi connectivity index (χ3v) is 6.11. The number of halogens is 1. The van der Waals surface area contributed by atoms with Crippen LogP contribution in [0.3, 0.4) is 0 Å². The summed E-state index contributed by atoms with van der Waals surface area (Å²) in [6.07, 6.45) is 0. The molecule has 0 aliphatic rings. The number of carbonyl (C=O) groups is 1. The van der Waals surface area contributed by atoms with Crippen molar-refractivity contribution in [2.24, 2.45) is 0 Å². The second-order valence-electron chi connectivity index (χ2n) is 5.56. The molecular formula is C15H22ClNO3S. The number of anilines is 1. The minimum Gasteiger partial charge on any atom is -0.309 e. The van der Waals surface area contributed by atoms with E-state index in [1.54, 1.807) is 38.1 Å². The Hall–Kier alpha value is -1.07. The summed E-state index contributed by atoms with van der Waals surface area (Å²) >= 11 is 5.85. The lowest BCUT2D eigenvalue weighted by atomic mass is 10.2. The van der Waals surface area contributed by atoms with Gasteiger partial charge in [0, 0.05) is 16.8 Å². The van der Waals surface area contributed by atoms with E-state index < -0.39 is 26.2 Å². The van der Waals surface area contributed by atoms with Crippen molar-refractivity contribution in [3.63, 3.8) is 0 Å². The third kappa shape index (κ3) is 3.98. The summed E-state index contributed by atoms with van der Waals surface area (Å²) in [7, 11) is -3.49. The molecule has 0 aliphatic heterocycles. The van der Waals surface area contributed by atoms with Crippen LogP contribution in [0.1, 0.15) is 34.6 Å². The summed E-state index contributed by atoms with van der Waals surface area (Å²) < 4.78 is 24.4. The van der Waals surface area contributed by atoms with E-state index in [0.717, 1.165) is 0 Å². The first-order chi connectivity index (χ1) is 9.59. The second-order valence-corrected chi connectivity index (χ2v) is 8.82. The van der Waals surface area contributed by atoms with E-state index in [9.17, 15) is 13.2 Å². The zero-order valence-electron chi connectivity index (χ0n) is 13.0. The fourth-order valence-corrected chi connectivity index (χ4v) is 3.36. The standard InChI is InChI=1S/C15H22ClNO3S/c1-10(2)17(14-8-6-13(16)7-9-14)15(18)12(5)21(19,20)11(3)4/h6-12H,1-5H3/t12-/m0/s1. The fourth-order valence-electron chi connectivity index (χ4n) is 2.03. The van der Waals surface area contributed by atoms with Crippen molar-refractivity contribution >= 4 is 33.0 Å². The normalized spacial score (nSPS) is 13.5. The van der Waals surface area contributed by atoms with Gasteiger partial charge < -0.3 is 4.90 Å². The maximum absolute atomic E-state index is 12.6. The zero-order chi connectivity index (χ0) is 16.4. The van der Waals surface area contributed by atoms with Crippen LogP contribution in [0.5, 0.6) is 0 Å². The quantitative estimate of drug-likeness (QED) is 0.831. The number of hydrogen-bond acceptors (Lipinski definition) is 3. The first-order valence-corrected chi connectivity index (χ1v) is 8.89. The van der Waals surface area contributed by atoms with Gasteiger partial charge in [0.15, 0.2) is 9.84 Å². The molecule has 1 amide bonds. The van der Waals surface area contributed by atoms with Gasteiger partial charge in [0.05, 0.1) is 5.25 Å². The van der Waals surface area contributed by atoms with Gasteiger partial charge in [0.1, 0.15) is 5.25 Å². The van der Waals surface area contributed by atoms with Gasteiger partial charge in [-0.25, -0.2) is 8.42 Å². The van der Waals surface area contributed by atoms with Crippen molar-refractivity contribution in [1.29, 1.82) is 0 Å². The predicted molar refractivity (Wildman–Crippen MR) is 87.6 cm³/mol. The molecule has 118 valence electrons. The lowest BCUT2D eigenvalue weighted by molar-refractivity contribution is -0.118. The number of rotatable bonds is 5. The van der Waals surface area contributed by atoms with Gasteiger partial charge in [-0.3, -0.25) is 4.79 Å². The van der Waals surface area contributed by atoms with Crippen LogP contribution in [-0.4, -0.2) is 30.9 Å². The lowest BCUT2D eigenvalue weighted by Crippen LogP contribution is -2.46.